The Hall–Kier alpha value is -1.65. The molecule has 3 rings (SSSR count). The number of hydrogen-bond donors (Lipinski definition) is 0. The summed E-state index contributed by atoms with van der Waals surface area (Å²) in [7, 11) is 0. The van der Waals surface area contributed by atoms with E-state index in [9.17, 15) is 4.79 Å². The maximum atomic E-state index is 12.6. The smallest absolute Gasteiger partial charge is 0.226 e. The molecule has 0 saturated carbocycles. The van der Waals surface area contributed by atoms with Gasteiger partial charge in [-0.05, 0) is 51.5 Å². The minimum Gasteiger partial charge on any atom is -0.342 e. The molecule has 1 aromatic heterocycles. The number of carbonyl (C=O) groups excluding carboxylic acids is 1. The Labute approximate surface area is 132 Å². The molecule has 5 nitrogen and oxygen atoms in total. The van der Waals surface area contributed by atoms with Crippen LogP contribution in [0.1, 0.15) is 44.4 Å². The zero-order chi connectivity index (χ0) is 15.5. The van der Waals surface area contributed by atoms with E-state index in [1.54, 1.807) is 0 Å². The van der Waals surface area contributed by atoms with Gasteiger partial charge >= 0.3 is 0 Å². The maximum Gasteiger partial charge on any atom is 0.226 e. The Balaban J connectivity index is 1.72. The molecular weight excluding hydrogens is 276 g/mol. The lowest BCUT2D eigenvalue weighted by atomic mass is 9.86. The molecule has 0 radical (unpaired) electrons. The normalized spacial score (nSPS) is 20.8. The predicted octanol–water partition coefficient (Wildman–Crippen LogP) is 2.05. The van der Waals surface area contributed by atoms with Crippen LogP contribution in [0.2, 0.25) is 0 Å². The lowest BCUT2D eigenvalue weighted by Gasteiger charge is -2.28. The number of likely N-dealkylation sites (tertiary alicyclic amines) is 1. The molecule has 120 valence electrons. The SMILES string of the molecule is CCN(CC)c1ncc2c(n1)CCC(C(=O)N1CCCC1)C2. The van der Waals surface area contributed by atoms with Gasteiger partial charge in [0.1, 0.15) is 0 Å². The average molecular weight is 302 g/mol. The quantitative estimate of drug-likeness (QED) is 0.854. The minimum absolute atomic E-state index is 0.133. The molecule has 0 N–H and O–H groups in total. The van der Waals surface area contributed by atoms with Crippen molar-refractivity contribution in [3.63, 3.8) is 0 Å². The van der Waals surface area contributed by atoms with E-state index in [-0.39, 0.29) is 5.92 Å². The maximum absolute atomic E-state index is 12.6. The fraction of sp³-hybridized carbons (Fsp3) is 0.706. The summed E-state index contributed by atoms with van der Waals surface area (Å²) in [5.41, 5.74) is 2.31. The molecule has 1 aromatic rings. The highest BCUT2D eigenvalue weighted by Crippen LogP contribution is 2.27. The summed E-state index contributed by atoms with van der Waals surface area (Å²) in [5.74, 6) is 1.30. The van der Waals surface area contributed by atoms with Crippen molar-refractivity contribution in [2.45, 2.75) is 46.0 Å². The molecule has 1 aliphatic carbocycles. The summed E-state index contributed by atoms with van der Waals surface area (Å²) >= 11 is 0. The molecule has 22 heavy (non-hydrogen) atoms. The number of anilines is 1. The van der Waals surface area contributed by atoms with Crippen molar-refractivity contribution in [2.75, 3.05) is 31.1 Å². The van der Waals surface area contributed by atoms with Crippen LogP contribution in [0.15, 0.2) is 6.20 Å². The second-order valence-corrected chi connectivity index (χ2v) is 6.29. The van der Waals surface area contributed by atoms with Crippen LogP contribution in [0.5, 0.6) is 0 Å². The fourth-order valence-corrected chi connectivity index (χ4v) is 3.56. The van der Waals surface area contributed by atoms with Crippen molar-refractivity contribution in [2.24, 2.45) is 5.92 Å². The third kappa shape index (κ3) is 2.94. The number of aryl methyl sites for hydroxylation is 1. The van der Waals surface area contributed by atoms with Gasteiger partial charge in [0.15, 0.2) is 0 Å². The van der Waals surface area contributed by atoms with Crippen molar-refractivity contribution in [3.8, 4) is 0 Å². The number of amides is 1. The largest absolute Gasteiger partial charge is 0.342 e. The zero-order valence-electron chi connectivity index (χ0n) is 13.7. The van der Waals surface area contributed by atoms with Gasteiger partial charge in [-0.25, -0.2) is 9.97 Å². The van der Waals surface area contributed by atoms with Crippen molar-refractivity contribution < 1.29 is 4.79 Å². The standard InChI is InChI=1S/C17H26N4O/c1-3-20(4-2)17-18-12-14-11-13(7-8-15(14)19-17)16(22)21-9-5-6-10-21/h12-13H,3-11H2,1-2H3. The summed E-state index contributed by atoms with van der Waals surface area (Å²) in [6.07, 6.45) is 6.90. The van der Waals surface area contributed by atoms with Crippen LogP contribution in [0.4, 0.5) is 5.95 Å². The van der Waals surface area contributed by atoms with Gasteiger partial charge in [-0.15, -0.1) is 0 Å². The molecule has 2 heterocycles. The number of fused-ring (bicyclic) bond motifs is 1. The molecule has 1 fully saturated rings. The highest BCUT2D eigenvalue weighted by Gasteiger charge is 2.30. The first kappa shape index (κ1) is 15.3. The highest BCUT2D eigenvalue weighted by molar-refractivity contribution is 5.79. The second-order valence-electron chi connectivity index (χ2n) is 6.29. The van der Waals surface area contributed by atoms with Gasteiger partial charge < -0.3 is 9.80 Å². The van der Waals surface area contributed by atoms with Gasteiger partial charge in [-0.1, -0.05) is 0 Å². The molecule has 1 atom stereocenters. The number of rotatable bonds is 4. The number of carbonyl (C=O) groups is 1. The first-order valence-electron chi connectivity index (χ1n) is 8.61. The fourth-order valence-electron chi connectivity index (χ4n) is 3.56. The molecule has 2 aliphatic rings. The third-order valence-electron chi connectivity index (χ3n) is 4.95. The zero-order valence-corrected chi connectivity index (χ0v) is 13.7. The Kier molecular flexibility index (Phi) is 4.60. The van der Waals surface area contributed by atoms with Gasteiger partial charge in [0.2, 0.25) is 11.9 Å². The van der Waals surface area contributed by atoms with Gasteiger partial charge in [0.25, 0.3) is 0 Å². The topological polar surface area (TPSA) is 49.3 Å². The first-order chi connectivity index (χ1) is 10.7. The van der Waals surface area contributed by atoms with Gasteiger partial charge in [0, 0.05) is 44.0 Å². The van der Waals surface area contributed by atoms with E-state index >= 15 is 0 Å². The molecular formula is C17H26N4O. The molecule has 0 bridgehead atoms. The van der Waals surface area contributed by atoms with Crippen LogP contribution in [0.25, 0.3) is 0 Å². The number of aromatic nitrogens is 2. The van der Waals surface area contributed by atoms with Crippen LogP contribution in [-0.2, 0) is 17.6 Å². The Morgan fingerprint density at radius 3 is 2.73 bits per heavy atom. The van der Waals surface area contributed by atoms with Crippen molar-refractivity contribution >= 4 is 11.9 Å². The van der Waals surface area contributed by atoms with Gasteiger partial charge in [0.05, 0.1) is 0 Å². The van der Waals surface area contributed by atoms with Crippen LogP contribution in [-0.4, -0.2) is 47.0 Å². The summed E-state index contributed by atoms with van der Waals surface area (Å²) in [4.78, 5) is 26.0. The van der Waals surface area contributed by atoms with Crippen LogP contribution >= 0.6 is 0 Å². The number of hydrogen-bond acceptors (Lipinski definition) is 4. The molecule has 1 aliphatic heterocycles. The van der Waals surface area contributed by atoms with Crippen LogP contribution in [0, 0.1) is 5.92 Å². The monoisotopic (exact) mass is 302 g/mol. The van der Waals surface area contributed by atoms with E-state index in [2.05, 4.69) is 23.7 Å². The number of nitrogens with zero attached hydrogens (tertiary/aromatic N) is 4. The molecule has 5 heteroatoms. The van der Waals surface area contributed by atoms with Crippen molar-refractivity contribution in [1.29, 1.82) is 0 Å². The second kappa shape index (κ2) is 6.63. The Bertz CT molecular complexity index is 535. The predicted molar refractivity (Wildman–Crippen MR) is 86.9 cm³/mol. The van der Waals surface area contributed by atoms with E-state index in [0.717, 1.165) is 69.9 Å². The van der Waals surface area contributed by atoms with Gasteiger partial charge in [-0.2, -0.15) is 0 Å². The van der Waals surface area contributed by atoms with Gasteiger partial charge in [-0.3, -0.25) is 4.79 Å². The Morgan fingerprint density at radius 2 is 2.05 bits per heavy atom. The average Bonchev–Trinajstić information content (AvgIpc) is 3.09. The summed E-state index contributed by atoms with van der Waals surface area (Å²) in [5, 5.41) is 0. The summed E-state index contributed by atoms with van der Waals surface area (Å²) < 4.78 is 0. The lowest BCUT2D eigenvalue weighted by Crippen LogP contribution is -2.36. The van der Waals surface area contributed by atoms with E-state index < -0.39 is 0 Å². The molecule has 0 aromatic carbocycles. The lowest BCUT2D eigenvalue weighted by molar-refractivity contribution is -0.134. The van der Waals surface area contributed by atoms with Crippen LogP contribution in [0.3, 0.4) is 0 Å². The summed E-state index contributed by atoms with van der Waals surface area (Å²) in [6, 6.07) is 0. The molecule has 0 spiro atoms. The third-order valence-corrected chi connectivity index (χ3v) is 4.95. The first-order valence-corrected chi connectivity index (χ1v) is 8.61. The van der Waals surface area contributed by atoms with E-state index in [4.69, 9.17) is 4.98 Å². The molecule has 1 unspecified atom stereocenters. The van der Waals surface area contributed by atoms with Crippen molar-refractivity contribution in [1.82, 2.24) is 14.9 Å². The molecule has 1 saturated heterocycles. The van der Waals surface area contributed by atoms with E-state index in [1.807, 2.05) is 11.1 Å². The Morgan fingerprint density at radius 1 is 1.32 bits per heavy atom. The van der Waals surface area contributed by atoms with E-state index in [0.29, 0.717) is 5.91 Å². The van der Waals surface area contributed by atoms with Crippen LogP contribution < -0.4 is 4.90 Å². The highest BCUT2D eigenvalue weighted by atomic mass is 16.2. The van der Waals surface area contributed by atoms with E-state index in [1.165, 1.54) is 5.56 Å². The minimum atomic E-state index is 0.133. The van der Waals surface area contributed by atoms with Crippen molar-refractivity contribution in [3.05, 3.63) is 17.5 Å². The summed E-state index contributed by atoms with van der Waals surface area (Å²) in [6.45, 7) is 7.98. The molecule has 1 amide bonds.